The summed E-state index contributed by atoms with van der Waals surface area (Å²) >= 11 is 6.19. The Kier molecular flexibility index (Phi) is 6.73. The van der Waals surface area contributed by atoms with Crippen LogP contribution in [-0.2, 0) is 13.0 Å². The minimum absolute atomic E-state index is 0.0635. The molecule has 3 aromatic heterocycles. The van der Waals surface area contributed by atoms with Crippen LogP contribution in [0.25, 0.3) is 28.0 Å². The third kappa shape index (κ3) is 4.51. The van der Waals surface area contributed by atoms with E-state index in [9.17, 15) is 10.2 Å². The van der Waals surface area contributed by atoms with Crippen LogP contribution in [0.15, 0.2) is 54.7 Å². The number of pyridine rings is 2. The summed E-state index contributed by atoms with van der Waals surface area (Å²) in [6, 6.07) is 16.0. The van der Waals surface area contributed by atoms with Gasteiger partial charge in [-0.15, -0.1) is 11.6 Å². The first-order chi connectivity index (χ1) is 17.1. The van der Waals surface area contributed by atoms with Crippen LogP contribution in [0.2, 0.25) is 0 Å². The highest BCUT2D eigenvalue weighted by molar-refractivity contribution is 6.18. The van der Waals surface area contributed by atoms with Crippen LogP contribution in [-0.4, -0.2) is 55.5 Å². The molecule has 1 saturated heterocycles. The predicted molar refractivity (Wildman–Crippen MR) is 139 cm³/mol. The van der Waals surface area contributed by atoms with Gasteiger partial charge < -0.3 is 15.1 Å². The molecule has 1 aromatic carbocycles. The molecule has 0 saturated carbocycles. The fourth-order valence-corrected chi connectivity index (χ4v) is 4.92. The Morgan fingerprint density at radius 2 is 1.83 bits per heavy atom. The first-order valence-electron chi connectivity index (χ1n) is 12.1. The number of unbranched alkanes of at least 4 members (excludes halogenated alkanes) is 1. The SMILES string of the molecule is CCCCc1cccc(-c2cc(N3CC(CO)(CCl)C3)c3cnn(-c4cccc(CO)n4)c3c2)n1. The van der Waals surface area contributed by atoms with Gasteiger partial charge in [0.05, 0.1) is 36.3 Å². The van der Waals surface area contributed by atoms with E-state index in [4.69, 9.17) is 16.6 Å². The predicted octanol–water partition coefficient (Wildman–Crippen LogP) is 4.35. The van der Waals surface area contributed by atoms with Crippen LogP contribution < -0.4 is 4.90 Å². The molecule has 1 aliphatic rings. The number of nitrogens with zero attached hydrogens (tertiary/aromatic N) is 5. The summed E-state index contributed by atoms with van der Waals surface area (Å²) in [6.45, 7) is 3.48. The molecule has 4 heterocycles. The van der Waals surface area contributed by atoms with Crippen molar-refractivity contribution in [1.29, 1.82) is 0 Å². The second kappa shape index (κ2) is 9.93. The van der Waals surface area contributed by atoms with Crippen molar-refractivity contribution in [3.05, 3.63) is 66.1 Å². The van der Waals surface area contributed by atoms with Gasteiger partial charge in [-0.3, -0.25) is 4.98 Å². The molecule has 5 rings (SSSR count). The van der Waals surface area contributed by atoms with E-state index >= 15 is 0 Å². The van der Waals surface area contributed by atoms with E-state index in [-0.39, 0.29) is 18.6 Å². The molecule has 35 heavy (non-hydrogen) atoms. The zero-order valence-electron chi connectivity index (χ0n) is 19.9. The highest BCUT2D eigenvalue weighted by Crippen LogP contribution is 2.41. The number of benzene rings is 1. The number of halogens is 1. The zero-order chi connectivity index (χ0) is 24.4. The standard InChI is InChI=1S/C27H30ClN5O2/c1-2-3-6-20-7-4-9-23(30-20)19-11-24(32-16-27(15-28,17-32)18-35)22-13-29-33(25(22)12-19)26-10-5-8-21(14-34)31-26/h4-5,7-13,34-35H,2-3,6,14-18H2,1H3. The molecule has 0 aliphatic carbocycles. The second-order valence-corrected chi connectivity index (χ2v) is 9.66. The van der Waals surface area contributed by atoms with E-state index in [0.717, 1.165) is 52.8 Å². The Bertz CT molecular complexity index is 1330. The number of fused-ring (bicyclic) bond motifs is 1. The molecule has 0 radical (unpaired) electrons. The topological polar surface area (TPSA) is 87.3 Å². The summed E-state index contributed by atoms with van der Waals surface area (Å²) in [7, 11) is 0. The number of aryl methyl sites for hydroxylation is 1. The lowest BCUT2D eigenvalue weighted by Gasteiger charge is -2.49. The summed E-state index contributed by atoms with van der Waals surface area (Å²) in [5, 5.41) is 25.1. The van der Waals surface area contributed by atoms with E-state index in [1.165, 1.54) is 0 Å². The molecule has 8 heteroatoms. The molecule has 0 bridgehead atoms. The normalized spacial score (nSPS) is 14.9. The van der Waals surface area contributed by atoms with Gasteiger partial charge in [-0.2, -0.15) is 5.10 Å². The van der Waals surface area contributed by atoms with Crippen molar-refractivity contribution in [1.82, 2.24) is 19.7 Å². The van der Waals surface area contributed by atoms with Gasteiger partial charge in [-0.05, 0) is 49.2 Å². The van der Waals surface area contributed by atoms with Gasteiger partial charge in [0.1, 0.15) is 0 Å². The van der Waals surface area contributed by atoms with Crippen LogP contribution in [0.1, 0.15) is 31.2 Å². The number of hydrogen-bond acceptors (Lipinski definition) is 6. The number of aliphatic hydroxyl groups excluding tert-OH is 2. The van der Waals surface area contributed by atoms with E-state index in [1.807, 2.05) is 29.1 Å². The molecule has 0 amide bonds. The van der Waals surface area contributed by atoms with Gasteiger partial charge in [0, 0.05) is 46.7 Å². The highest BCUT2D eigenvalue weighted by Gasteiger charge is 2.42. The van der Waals surface area contributed by atoms with Gasteiger partial charge >= 0.3 is 0 Å². The minimum atomic E-state index is -0.283. The Morgan fingerprint density at radius 3 is 2.57 bits per heavy atom. The van der Waals surface area contributed by atoms with Crippen LogP contribution >= 0.6 is 11.6 Å². The lowest BCUT2D eigenvalue weighted by Crippen LogP contribution is -2.59. The van der Waals surface area contributed by atoms with Gasteiger partial charge in [0.25, 0.3) is 0 Å². The molecule has 0 atom stereocenters. The van der Waals surface area contributed by atoms with Crippen LogP contribution in [0.3, 0.4) is 0 Å². The lowest BCUT2D eigenvalue weighted by molar-refractivity contribution is 0.114. The summed E-state index contributed by atoms with van der Waals surface area (Å²) in [6.07, 6.45) is 5.04. The monoisotopic (exact) mass is 491 g/mol. The van der Waals surface area contributed by atoms with Crippen molar-refractivity contribution in [3.63, 3.8) is 0 Å². The first-order valence-corrected chi connectivity index (χ1v) is 12.6. The maximum absolute atomic E-state index is 9.88. The van der Waals surface area contributed by atoms with Crippen molar-refractivity contribution in [3.8, 4) is 17.1 Å². The Hall–Kier alpha value is -3.00. The fraction of sp³-hybridized carbons (Fsp3) is 0.370. The van der Waals surface area contributed by atoms with Crippen molar-refractivity contribution in [2.24, 2.45) is 5.41 Å². The maximum atomic E-state index is 9.88. The summed E-state index contributed by atoms with van der Waals surface area (Å²) in [5.74, 6) is 1.06. The molecule has 4 aromatic rings. The molecule has 182 valence electrons. The zero-order valence-corrected chi connectivity index (χ0v) is 20.6. The lowest BCUT2D eigenvalue weighted by atomic mass is 9.82. The van der Waals surface area contributed by atoms with E-state index in [2.05, 4.69) is 46.2 Å². The van der Waals surface area contributed by atoms with Crippen LogP contribution in [0.5, 0.6) is 0 Å². The van der Waals surface area contributed by atoms with Crippen LogP contribution in [0, 0.1) is 5.41 Å². The van der Waals surface area contributed by atoms with Crippen molar-refractivity contribution < 1.29 is 10.2 Å². The number of anilines is 1. The minimum Gasteiger partial charge on any atom is -0.396 e. The number of alkyl halides is 1. The van der Waals surface area contributed by atoms with E-state index < -0.39 is 0 Å². The third-order valence-electron chi connectivity index (χ3n) is 6.74. The van der Waals surface area contributed by atoms with Gasteiger partial charge in [0.2, 0.25) is 0 Å². The third-order valence-corrected chi connectivity index (χ3v) is 7.31. The number of rotatable bonds is 9. The van der Waals surface area contributed by atoms with Crippen molar-refractivity contribution >= 4 is 28.2 Å². The molecule has 0 spiro atoms. The largest absolute Gasteiger partial charge is 0.396 e. The smallest absolute Gasteiger partial charge is 0.154 e. The van der Waals surface area contributed by atoms with E-state index in [0.29, 0.717) is 30.5 Å². The fourth-order valence-electron chi connectivity index (χ4n) is 4.67. The summed E-state index contributed by atoms with van der Waals surface area (Å²) < 4.78 is 1.81. The van der Waals surface area contributed by atoms with E-state index in [1.54, 1.807) is 6.07 Å². The molecule has 7 nitrogen and oxygen atoms in total. The highest BCUT2D eigenvalue weighted by atomic mass is 35.5. The molecular weight excluding hydrogens is 462 g/mol. The molecule has 0 unspecified atom stereocenters. The summed E-state index contributed by atoms with van der Waals surface area (Å²) in [5.41, 5.74) is 5.25. The van der Waals surface area contributed by atoms with Gasteiger partial charge in [-0.1, -0.05) is 25.5 Å². The number of aromatic nitrogens is 4. The average Bonchev–Trinajstić information content (AvgIpc) is 3.32. The molecule has 1 fully saturated rings. The number of hydrogen-bond donors (Lipinski definition) is 2. The second-order valence-electron chi connectivity index (χ2n) is 9.40. The average molecular weight is 492 g/mol. The molecule has 1 aliphatic heterocycles. The summed E-state index contributed by atoms with van der Waals surface area (Å²) in [4.78, 5) is 11.8. The van der Waals surface area contributed by atoms with Crippen molar-refractivity contribution in [2.45, 2.75) is 32.8 Å². The van der Waals surface area contributed by atoms with Crippen LogP contribution in [0.4, 0.5) is 5.69 Å². The Morgan fingerprint density at radius 1 is 1.03 bits per heavy atom. The molecule has 2 N–H and O–H groups in total. The maximum Gasteiger partial charge on any atom is 0.154 e. The quantitative estimate of drug-likeness (QED) is 0.338. The van der Waals surface area contributed by atoms with Gasteiger partial charge in [0.15, 0.2) is 5.82 Å². The molecular formula is C27H30ClN5O2. The first kappa shape index (κ1) is 23.7. The Balaban J connectivity index is 1.63. The van der Waals surface area contributed by atoms with Gasteiger partial charge in [-0.25, -0.2) is 9.67 Å². The van der Waals surface area contributed by atoms with Crippen molar-refractivity contribution in [2.75, 3.05) is 30.5 Å². The Labute approximate surface area is 210 Å². The number of aliphatic hydroxyl groups is 2.